The second-order valence-corrected chi connectivity index (χ2v) is 6.03. The first kappa shape index (κ1) is 15.8. The van der Waals surface area contributed by atoms with Crippen LogP contribution in [0.4, 0.5) is 0 Å². The third-order valence-electron chi connectivity index (χ3n) is 3.27. The molecule has 1 aromatic carbocycles. The second-order valence-electron chi connectivity index (χ2n) is 4.76. The number of hydrogen-bond acceptors (Lipinski definition) is 4. The molecule has 1 aliphatic heterocycles. The summed E-state index contributed by atoms with van der Waals surface area (Å²) in [5.74, 6) is 0.318. The van der Waals surface area contributed by atoms with Crippen molar-refractivity contribution in [3.63, 3.8) is 0 Å². The van der Waals surface area contributed by atoms with E-state index < -0.39 is 0 Å². The first-order valence-electron chi connectivity index (χ1n) is 6.89. The van der Waals surface area contributed by atoms with Crippen molar-refractivity contribution in [1.82, 2.24) is 4.90 Å². The van der Waals surface area contributed by atoms with E-state index in [9.17, 15) is 9.59 Å². The molecule has 112 valence electrons. The van der Waals surface area contributed by atoms with Crippen LogP contribution in [0.15, 0.2) is 29.2 Å². The van der Waals surface area contributed by atoms with Crippen LogP contribution in [0.5, 0.6) is 0 Å². The van der Waals surface area contributed by atoms with Gasteiger partial charge in [0.05, 0.1) is 23.6 Å². The molecule has 2 amide bonds. The van der Waals surface area contributed by atoms with Crippen molar-refractivity contribution in [2.45, 2.75) is 13.8 Å². The topological polar surface area (TPSA) is 46.6 Å². The third-order valence-corrected chi connectivity index (χ3v) is 4.23. The van der Waals surface area contributed by atoms with E-state index in [4.69, 9.17) is 4.74 Å². The fourth-order valence-electron chi connectivity index (χ4n) is 2.19. The molecule has 2 rings (SSSR count). The van der Waals surface area contributed by atoms with Crippen molar-refractivity contribution in [3.05, 3.63) is 40.3 Å². The Hall–Kier alpha value is -1.59. The summed E-state index contributed by atoms with van der Waals surface area (Å²) in [6, 6.07) is 7.69. The van der Waals surface area contributed by atoms with Gasteiger partial charge in [-0.2, -0.15) is 0 Å². The average Bonchev–Trinajstić information content (AvgIpc) is 2.70. The number of carbonyl (C=O) groups is 2. The van der Waals surface area contributed by atoms with Crippen LogP contribution in [0.2, 0.25) is 0 Å². The first-order chi connectivity index (χ1) is 10.1. The molecule has 0 fully saturated rings. The number of nitrogens with zero attached hydrogens (tertiary/aromatic N) is 1. The number of aryl methyl sites for hydroxylation is 1. The number of thioether (sulfide) groups is 1. The fraction of sp³-hybridized carbons (Fsp3) is 0.375. The van der Waals surface area contributed by atoms with E-state index in [1.54, 1.807) is 7.11 Å². The Morgan fingerprint density at radius 2 is 1.81 bits per heavy atom. The van der Waals surface area contributed by atoms with Gasteiger partial charge in [-0.25, -0.2) is 0 Å². The first-order valence-corrected chi connectivity index (χ1v) is 7.88. The van der Waals surface area contributed by atoms with E-state index in [2.05, 4.69) is 0 Å². The van der Waals surface area contributed by atoms with Gasteiger partial charge in [-0.05, 0) is 18.2 Å². The second kappa shape index (κ2) is 6.91. The summed E-state index contributed by atoms with van der Waals surface area (Å²) >= 11 is 1.42. The molecular weight excluding hydrogens is 286 g/mol. The zero-order valence-electron chi connectivity index (χ0n) is 12.5. The number of rotatable bonds is 6. The molecule has 1 aromatic rings. The Balaban J connectivity index is 2.40. The maximum atomic E-state index is 12.6. The van der Waals surface area contributed by atoms with Crippen LogP contribution in [0.1, 0.15) is 18.1 Å². The Morgan fingerprint density at radius 1 is 1.14 bits per heavy atom. The molecule has 0 aliphatic carbocycles. The molecule has 5 heteroatoms. The molecule has 1 aliphatic rings. The van der Waals surface area contributed by atoms with Gasteiger partial charge in [-0.1, -0.05) is 36.8 Å². The molecule has 21 heavy (non-hydrogen) atoms. The highest BCUT2D eigenvalue weighted by molar-refractivity contribution is 8.04. The normalized spacial score (nSPS) is 15.3. The number of carbonyl (C=O) groups excluding carboxylic acids is 2. The monoisotopic (exact) mass is 305 g/mol. The number of imide groups is 1. The Labute approximate surface area is 129 Å². The van der Waals surface area contributed by atoms with Crippen LogP contribution >= 0.6 is 11.8 Å². The maximum absolute atomic E-state index is 12.6. The molecule has 4 nitrogen and oxygen atoms in total. The van der Waals surface area contributed by atoms with Crippen molar-refractivity contribution in [3.8, 4) is 0 Å². The summed E-state index contributed by atoms with van der Waals surface area (Å²) in [6.45, 7) is 4.60. The molecular formula is C16H19NO3S. The van der Waals surface area contributed by atoms with Crippen molar-refractivity contribution < 1.29 is 14.3 Å². The SMILES string of the molecule is CCSC1=C(c2ccc(C)cc2)C(=O)N(CCOC)C1=O. The lowest BCUT2D eigenvalue weighted by Gasteiger charge is -2.14. The minimum absolute atomic E-state index is 0.209. The lowest BCUT2D eigenvalue weighted by molar-refractivity contribution is -0.137. The highest BCUT2D eigenvalue weighted by Crippen LogP contribution is 2.35. The van der Waals surface area contributed by atoms with E-state index in [1.165, 1.54) is 16.7 Å². The van der Waals surface area contributed by atoms with Crippen molar-refractivity contribution in [2.24, 2.45) is 0 Å². The van der Waals surface area contributed by atoms with Crippen molar-refractivity contribution >= 4 is 29.1 Å². The molecule has 0 saturated carbocycles. The van der Waals surface area contributed by atoms with Gasteiger partial charge < -0.3 is 4.74 Å². The predicted molar refractivity (Wildman–Crippen MR) is 84.8 cm³/mol. The summed E-state index contributed by atoms with van der Waals surface area (Å²) in [4.78, 5) is 26.8. The zero-order valence-corrected chi connectivity index (χ0v) is 13.3. The molecule has 1 heterocycles. The number of amides is 2. The summed E-state index contributed by atoms with van der Waals surface area (Å²) in [5, 5.41) is 0. The van der Waals surface area contributed by atoms with Crippen LogP contribution in [0.3, 0.4) is 0 Å². The van der Waals surface area contributed by atoms with Gasteiger partial charge in [0.1, 0.15) is 0 Å². The molecule has 0 spiro atoms. The minimum Gasteiger partial charge on any atom is -0.383 e. The Bertz CT molecular complexity index is 578. The van der Waals surface area contributed by atoms with Gasteiger partial charge in [0.25, 0.3) is 11.8 Å². The van der Waals surface area contributed by atoms with Gasteiger partial charge in [-0.3, -0.25) is 14.5 Å². The van der Waals surface area contributed by atoms with Crippen LogP contribution in [-0.4, -0.2) is 42.7 Å². The van der Waals surface area contributed by atoms with Crippen LogP contribution in [0.25, 0.3) is 5.57 Å². The average molecular weight is 305 g/mol. The number of methoxy groups -OCH3 is 1. The fourth-order valence-corrected chi connectivity index (χ4v) is 3.06. The largest absolute Gasteiger partial charge is 0.383 e. The van der Waals surface area contributed by atoms with E-state index in [0.29, 0.717) is 17.1 Å². The smallest absolute Gasteiger partial charge is 0.268 e. The number of ether oxygens (including phenoxy) is 1. The lowest BCUT2D eigenvalue weighted by atomic mass is 10.0. The highest BCUT2D eigenvalue weighted by atomic mass is 32.2. The predicted octanol–water partition coefficient (Wildman–Crippen LogP) is 2.47. The van der Waals surface area contributed by atoms with Gasteiger partial charge >= 0.3 is 0 Å². The molecule has 0 aromatic heterocycles. The minimum atomic E-state index is -0.225. The summed E-state index contributed by atoms with van der Waals surface area (Å²) in [7, 11) is 1.56. The Kier molecular flexibility index (Phi) is 5.20. The number of hydrogen-bond donors (Lipinski definition) is 0. The molecule has 0 radical (unpaired) electrons. The van der Waals surface area contributed by atoms with Gasteiger partial charge in [0, 0.05) is 7.11 Å². The highest BCUT2D eigenvalue weighted by Gasteiger charge is 2.38. The molecule has 0 atom stereocenters. The van der Waals surface area contributed by atoms with E-state index in [-0.39, 0.29) is 18.4 Å². The van der Waals surface area contributed by atoms with Crippen LogP contribution in [0, 0.1) is 6.92 Å². The van der Waals surface area contributed by atoms with Crippen molar-refractivity contribution in [1.29, 1.82) is 0 Å². The van der Waals surface area contributed by atoms with E-state index >= 15 is 0 Å². The van der Waals surface area contributed by atoms with E-state index in [1.807, 2.05) is 38.1 Å². The van der Waals surface area contributed by atoms with Crippen LogP contribution < -0.4 is 0 Å². The van der Waals surface area contributed by atoms with Crippen molar-refractivity contribution in [2.75, 3.05) is 26.0 Å². The molecule has 0 N–H and O–H groups in total. The van der Waals surface area contributed by atoms with Gasteiger partial charge in [-0.15, -0.1) is 11.8 Å². The standard InChI is InChI=1S/C16H19NO3S/c1-4-21-14-13(12-7-5-11(2)6-8-12)15(18)17(16(14)19)9-10-20-3/h5-8H,4,9-10H2,1-3H3. The zero-order chi connectivity index (χ0) is 15.4. The van der Waals surface area contributed by atoms with Gasteiger partial charge in [0.2, 0.25) is 0 Å². The van der Waals surface area contributed by atoms with Gasteiger partial charge in [0.15, 0.2) is 0 Å². The number of benzene rings is 1. The summed E-state index contributed by atoms with van der Waals surface area (Å²) in [6.07, 6.45) is 0. The Morgan fingerprint density at radius 3 is 2.38 bits per heavy atom. The third kappa shape index (κ3) is 3.19. The lowest BCUT2D eigenvalue weighted by Crippen LogP contribution is -2.34. The quantitative estimate of drug-likeness (QED) is 0.758. The van der Waals surface area contributed by atoms with Crippen LogP contribution in [-0.2, 0) is 14.3 Å². The molecule has 0 unspecified atom stereocenters. The molecule has 0 bridgehead atoms. The summed E-state index contributed by atoms with van der Waals surface area (Å²) in [5.41, 5.74) is 2.44. The maximum Gasteiger partial charge on any atom is 0.268 e. The molecule has 0 saturated heterocycles. The summed E-state index contributed by atoms with van der Waals surface area (Å²) < 4.78 is 4.98. The van der Waals surface area contributed by atoms with E-state index in [0.717, 1.165) is 16.9 Å².